The fraction of sp³-hybridized carbons (Fsp3) is 0.385. The Hall–Kier alpha value is -2.22. The average molecular weight is 308 g/mol. The smallest absolute Gasteiger partial charge is 0.305 e. The molecule has 0 spiro atoms. The van der Waals surface area contributed by atoms with E-state index in [1.54, 1.807) is 16.3 Å². The molecule has 2 aromatic rings. The molecule has 0 unspecified atom stereocenters. The summed E-state index contributed by atoms with van der Waals surface area (Å²) in [4.78, 5) is 28.7. The molecular weight excluding hydrogens is 292 g/mol. The molecule has 2 aromatic heterocycles. The summed E-state index contributed by atoms with van der Waals surface area (Å²) in [5, 5.41) is 15.2. The minimum atomic E-state index is -0.921. The van der Waals surface area contributed by atoms with Crippen LogP contribution in [0.1, 0.15) is 23.8 Å². The van der Waals surface area contributed by atoms with E-state index in [9.17, 15) is 9.59 Å². The zero-order chi connectivity index (χ0) is 15.4. The largest absolute Gasteiger partial charge is 0.481 e. The highest BCUT2D eigenvalue weighted by Crippen LogP contribution is 2.23. The van der Waals surface area contributed by atoms with Crippen molar-refractivity contribution in [3.8, 4) is 10.6 Å². The quantitative estimate of drug-likeness (QED) is 0.873. The van der Waals surface area contributed by atoms with Crippen molar-refractivity contribution in [2.75, 3.05) is 13.1 Å². The first kappa shape index (κ1) is 15.2. The second-order valence-corrected chi connectivity index (χ2v) is 5.33. The van der Waals surface area contributed by atoms with E-state index in [2.05, 4.69) is 10.1 Å². The Bertz CT molecular complexity index is 649. The molecule has 7 nitrogen and oxygen atoms in total. The number of amides is 1. The summed E-state index contributed by atoms with van der Waals surface area (Å²) in [6.07, 6.45) is 3.45. The molecule has 2 heterocycles. The number of carboxylic acids is 1. The number of thiazole rings is 1. The van der Waals surface area contributed by atoms with Crippen molar-refractivity contribution >= 4 is 23.2 Å². The van der Waals surface area contributed by atoms with E-state index in [0.29, 0.717) is 12.2 Å². The molecule has 8 heteroatoms. The van der Waals surface area contributed by atoms with Crippen LogP contribution in [-0.2, 0) is 11.8 Å². The predicted molar refractivity (Wildman–Crippen MR) is 78.1 cm³/mol. The van der Waals surface area contributed by atoms with Crippen LogP contribution in [0.25, 0.3) is 10.6 Å². The van der Waals surface area contributed by atoms with Gasteiger partial charge in [-0.05, 0) is 6.92 Å². The molecule has 0 aliphatic heterocycles. The summed E-state index contributed by atoms with van der Waals surface area (Å²) in [7, 11) is 1.81. The molecule has 0 bridgehead atoms. The predicted octanol–water partition coefficient (Wildman–Crippen LogP) is 1.48. The van der Waals surface area contributed by atoms with Gasteiger partial charge in [-0.15, -0.1) is 11.3 Å². The topological polar surface area (TPSA) is 88.3 Å². The molecule has 0 aromatic carbocycles. The Kier molecular flexibility index (Phi) is 4.69. The third kappa shape index (κ3) is 3.66. The van der Waals surface area contributed by atoms with Crippen LogP contribution in [0, 0.1) is 0 Å². The van der Waals surface area contributed by atoms with E-state index in [1.165, 1.54) is 16.2 Å². The maximum absolute atomic E-state index is 12.3. The Morgan fingerprint density at radius 1 is 1.48 bits per heavy atom. The lowest BCUT2D eigenvalue weighted by atomic mass is 10.3. The van der Waals surface area contributed by atoms with Crippen molar-refractivity contribution in [3.05, 3.63) is 23.5 Å². The number of aliphatic carboxylic acids is 1. The van der Waals surface area contributed by atoms with Gasteiger partial charge in [-0.2, -0.15) is 5.10 Å². The lowest BCUT2D eigenvalue weighted by molar-refractivity contribution is -0.137. The standard InChI is InChI=1S/C13H16N4O3S/c1-3-17(5-4-11(18)19)13(20)10-8-21-12(15-10)9-6-14-16(2)7-9/h6-8H,3-5H2,1-2H3,(H,18,19). The van der Waals surface area contributed by atoms with Crippen molar-refractivity contribution in [1.82, 2.24) is 19.7 Å². The summed E-state index contributed by atoms with van der Waals surface area (Å²) in [5.74, 6) is -1.17. The van der Waals surface area contributed by atoms with Crippen molar-refractivity contribution in [2.45, 2.75) is 13.3 Å². The minimum absolute atomic E-state index is 0.0703. The Labute approximate surface area is 125 Å². The molecule has 112 valence electrons. The van der Waals surface area contributed by atoms with Crippen molar-refractivity contribution in [2.24, 2.45) is 7.05 Å². The fourth-order valence-corrected chi connectivity index (χ4v) is 2.60. The summed E-state index contributed by atoms with van der Waals surface area (Å²) in [6, 6.07) is 0. The van der Waals surface area contributed by atoms with E-state index in [4.69, 9.17) is 5.11 Å². The van der Waals surface area contributed by atoms with Gasteiger partial charge in [-0.1, -0.05) is 0 Å². The molecule has 0 fully saturated rings. The molecule has 0 atom stereocenters. The first-order chi connectivity index (χ1) is 10.0. The molecule has 0 aliphatic rings. The van der Waals surface area contributed by atoms with Crippen molar-refractivity contribution in [3.63, 3.8) is 0 Å². The van der Waals surface area contributed by atoms with Crippen LogP contribution in [-0.4, -0.2) is 49.7 Å². The molecule has 1 amide bonds. The summed E-state index contributed by atoms with van der Waals surface area (Å²) >= 11 is 1.37. The highest BCUT2D eigenvalue weighted by molar-refractivity contribution is 7.13. The van der Waals surface area contributed by atoms with Gasteiger partial charge in [0.15, 0.2) is 0 Å². The highest BCUT2D eigenvalue weighted by Gasteiger charge is 2.19. The second kappa shape index (κ2) is 6.49. The van der Waals surface area contributed by atoms with Crippen molar-refractivity contribution < 1.29 is 14.7 Å². The number of rotatable bonds is 6. The van der Waals surface area contributed by atoms with Gasteiger partial charge in [0, 0.05) is 37.3 Å². The zero-order valence-corrected chi connectivity index (χ0v) is 12.6. The first-order valence-electron chi connectivity index (χ1n) is 6.47. The van der Waals surface area contributed by atoms with Gasteiger partial charge in [0.1, 0.15) is 10.7 Å². The van der Waals surface area contributed by atoms with Crippen LogP contribution in [0.15, 0.2) is 17.8 Å². The van der Waals surface area contributed by atoms with E-state index >= 15 is 0 Å². The van der Waals surface area contributed by atoms with Gasteiger partial charge in [0.2, 0.25) is 0 Å². The van der Waals surface area contributed by atoms with Crippen LogP contribution in [0.4, 0.5) is 0 Å². The van der Waals surface area contributed by atoms with E-state index in [-0.39, 0.29) is 18.9 Å². The molecule has 21 heavy (non-hydrogen) atoms. The van der Waals surface area contributed by atoms with E-state index < -0.39 is 5.97 Å². The third-order valence-electron chi connectivity index (χ3n) is 2.94. The number of aromatic nitrogens is 3. The van der Waals surface area contributed by atoms with Gasteiger partial charge < -0.3 is 10.0 Å². The van der Waals surface area contributed by atoms with E-state index in [1.807, 2.05) is 20.2 Å². The number of hydrogen-bond donors (Lipinski definition) is 1. The number of carboxylic acid groups (broad SMARTS) is 1. The lowest BCUT2D eigenvalue weighted by Crippen LogP contribution is -2.33. The van der Waals surface area contributed by atoms with Gasteiger partial charge in [-0.3, -0.25) is 14.3 Å². The van der Waals surface area contributed by atoms with Crippen LogP contribution >= 0.6 is 11.3 Å². The number of nitrogens with zero attached hydrogens (tertiary/aromatic N) is 4. The van der Waals surface area contributed by atoms with Crippen LogP contribution in [0.3, 0.4) is 0 Å². The van der Waals surface area contributed by atoms with Crippen molar-refractivity contribution in [1.29, 1.82) is 0 Å². The Morgan fingerprint density at radius 3 is 2.81 bits per heavy atom. The molecule has 0 aliphatic carbocycles. The normalized spacial score (nSPS) is 10.6. The number of hydrogen-bond acceptors (Lipinski definition) is 5. The highest BCUT2D eigenvalue weighted by atomic mass is 32.1. The molecule has 2 rings (SSSR count). The summed E-state index contributed by atoms with van der Waals surface area (Å²) in [5.41, 5.74) is 1.20. The molecule has 1 N–H and O–H groups in total. The Balaban J connectivity index is 2.12. The molecular formula is C13H16N4O3S. The molecule has 0 radical (unpaired) electrons. The second-order valence-electron chi connectivity index (χ2n) is 4.47. The van der Waals surface area contributed by atoms with E-state index in [0.717, 1.165) is 10.6 Å². The maximum Gasteiger partial charge on any atom is 0.305 e. The number of carbonyl (C=O) groups is 2. The summed E-state index contributed by atoms with van der Waals surface area (Å²) < 4.78 is 1.67. The maximum atomic E-state index is 12.3. The zero-order valence-electron chi connectivity index (χ0n) is 11.8. The van der Waals surface area contributed by atoms with Crippen LogP contribution in [0.2, 0.25) is 0 Å². The van der Waals surface area contributed by atoms with Crippen LogP contribution in [0.5, 0.6) is 0 Å². The van der Waals surface area contributed by atoms with Gasteiger partial charge in [0.05, 0.1) is 12.6 Å². The third-order valence-corrected chi connectivity index (χ3v) is 3.83. The summed E-state index contributed by atoms with van der Waals surface area (Å²) in [6.45, 7) is 2.45. The van der Waals surface area contributed by atoms with Gasteiger partial charge in [0.25, 0.3) is 5.91 Å². The SMILES string of the molecule is CCN(CCC(=O)O)C(=O)c1csc(-c2cnn(C)c2)n1. The minimum Gasteiger partial charge on any atom is -0.481 e. The Morgan fingerprint density at radius 2 is 2.24 bits per heavy atom. The monoisotopic (exact) mass is 308 g/mol. The number of aryl methyl sites for hydroxylation is 1. The van der Waals surface area contributed by atoms with Gasteiger partial charge in [-0.25, -0.2) is 4.98 Å². The number of carbonyl (C=O) groups excluding carboxylic acids is 1. The fourth-order valence-electron chi connectivity index (χ4n) is 1.83. The molecule has 0 saturated heterocycles. The average Bonchev–Trinajstić information content (AvgIpc) is 3.07. The lowest BCUT2D eigenvalue weighted by Gasteiger charge is -2.18. The molecule has 0 saturated carbocycles. The first-order valence-corrected chi connectivity index (χ1v) is 7.34. The van der Waals surface area contributed by atoms with Gasteiger partial charge >= 0.3 is 5.97 Å². The van der Waals surface area contributed by atoms with Crippen LogP contribution < -0.4 is 0 Å².